The zero-order valence-electron chi connectivity index (χ0n) is 12.4. The van der Waals surface area contributed by atoms with Crippen LogP contribution in [0.4, 0.5) is 22.9 Å². The summed E-state index contributed by atoms with van der Waals surface area (Å²) < 4.78 is 0. The summed E-state index contributed by atoms with van der Waals surface area (Å²) in [6, 6.07) is 25.0. The third-order valence-corrected chi connectivity index (χ3v) is 4.08. The Morgan fingerprint density at radius 1 is 0.727 bits per heavy atom. The van der Waals surface area contributed by atoms with Crippen molar-refractivity contribution < 1.29 is 0 Å². The molecule has 0 unspecified atom stereocenters. The summed E-state index contributed by atoms with van der Waals surface area (Å²) in [7, 11) is 0. The first-order valence-electron chi connectivity index (χ1n) is 7.50. The van der Waals surface area contributed by atoms with Crippen molar-refractivity contribution in [3.8, 4) is 0 Å². The number of benzene rings is 2. The first-order valence-corrected chi connectivity index (χ1v) is 7.50. The van der Waals surface area contributed by atoms with Gasteiger partial charge in [-0.25, -0.2) is 4.98 Å². The van der Waals surface area contributed by atoms with Crippen molar-refractivity contribution in [1.29, 1.82) is 0 Å². The van der Waals surface area contributed by atoms with Gasteiger partial charge in [-0.15, -0.1) is 0 Å². The van der Waals surface area contributed by atoms with Gasteiger partial charge < -0.3 is 9.80 Å². The van der Waals surface area contributed by atoms with Crippen LogP contribution in [0.25, 0.3) is 0 Å². The highest BCUT2D eigenvalue weighted by Crippen LogP contribution is 2.46. The van der Waals surface area contributed by atoms with Crippen molar-refractivity contribution in [2.75, 3.05) is 9.80 Å². The molecule has 3 heteroatoms. The molecule has 0 spiro atoms. The van der Waals surface area contributed by atoms with Gasteiger partial charge in [0.05, 0.1) is 11.4 Å². The number of nitrogens with zero attached hydrogens (tertiary/aromatic N) is 3. The van der Waals surface area contributed by atoms with Crippen LogP contribution in [-0.4, -0.2) is 11.1 Å². The van der Waals surface area contributed by atoms with Gasteiger partial charge in [-0.1, -0.05) is 36.4 Å². The Labute approximate surface area is 130 Å². The Kier molecular flexibility index (Phi) is 3.04. The molecule has 1 atom stereocenters. The van der Waals surface area contributed by atoms with E-state index in [9.17, 15) is 0 Å². The molecule has 2 heterocycles. The minimum absolute atomic E-state index is 0.176. The molecule has 1 aromatic heterocycles. The van der Waals surface area contributed by atoms with E-state index in [1.807, 2.05) is 24.4 Å². The molecule has 0 bridgehead atoms. The van der Waals surface area contributed by atoms with Crippen LogP contribution in [0.5, 0.6) is 0 Å². The lowest BCUT2D eigenvalue weighted by atomic mass is 10.2. The Morgan fingerprint density at radius 3 is 2.05 bits per heavy atom. The smallest absolute Gasteiger partial charge is 0.134 e. The first kappa shape index (κ1) is 12.9. The maximum atomic E-state index is 4.54. The predicted molar refractivity (Wildman–Crippen MR) is 90.9 cm³/mol. The van der Waals surface area contributed by atoms with Crippen molar-refractivity contribution in [3.05, 3.63) is 79.0 Å². The molecule has 1 aliphatic rings. The Morgan fingerprint density at radius 2 is 1.36 bits per heavy atom. The predicted octanol–water partition coefficient (Wildman–Crippen LogP) is 4.72. The van der Waals surface area contributed by atoms with Crippen LogP contribution in [0.2, 0.25) is 0 Å². The molecular weight excluding hydrogens is 270 g/mol. The van der Waals surface area contributed by atoms with E-state index in [0.29, 0.717) is 0 Å². The van der Waals surface area contributed by atoms with Crippen LogP contribution in [-0.2, 0) is 0 Å². The highest BCUT2D eigenvalue weighted by atomic mass is 15.4. The zero-order chi connectivity index (χ0) is 14.9. The molecular formula is C19H17N3. The van der Waals surface area contributed by atoms with E-state index in [-0.39, 0.29) is 6.17 Å². The molecule has 3 nitrogen and oxygen atoms in total. The fraction of sp³-hybridized carbons (Fsp3) is 0.105. The third kappa shape index (κ3) is 1.94. The number of fused-ring (bicyclic) bond motifs is 1. The standard InChI is InChI=1S/C19H17N3/c1-15-21(16-9-3-2-4-10-16)17-11-5-6-12-18(17)22(15)19-13-7-8-14-20-19/h2-15H,1H3/t15-/m1/s1. The number of aromatic nitrogens is 1. The van der Waals surface area contributed by atoms with Gasteiger partial charge in [0.2, 0.25) is 0 Å². The Hall–Kier alpha value is -2.81. The zero-order valence-corrected chi connectivity index (χ0v) is 12.4. The number of hydrogen-bond donors (Lipinski definition) is 0. The van der Waals surface area contributed by atoms with Gasteiger partial charge in [0, 0.05) is 11.9 Å². The third-order valence-electron chi connectivity index (χ3n) is 4.08. The van der Waals surface area contributed by atoms with Crippen LogP contribution < -0.4 is 9.80 Å². The minimum atomic E-state index is 0.176. The van der Waals surface area contributed by atoms with E-state index < -0.39 is 0 Å². The fourth-order valence-corrected chi connectivity index (χ4v) is 3.14. The number of anilines is 4. The summed E-state index contributed by atoms with van der Waals surface area (Å²) in [6.07, 6.45) is 2.02. The molecule has 108 valence electrons. The van der Waals surface area contributed by atoms with Crippen molar-refractivity contribution in [2.45, 2.75) is 13.1 Å². The molecule has 0 amide bonds. The number of hydrogen-bond acceptors (Lipinski definition) is 3. The van der Waals surface area contributed by atoms with Gasteiger partial charge in [-0.3, -0.25) is 0 Å². The topological polar surface area (TPSA) is 19.4 Å². The molecule has 0 N–H and O–H groups in total. The molecule has 1 aliphatic heterocycles. The van der Waals surface area contributed by atoms with Crippen LogP contribution in [0.15, 0.2) is 79.0 Å². The summed E-state index contributed by atoms with van der Waals surface area (Å²) in [4.78, 5) is 9.17. The van der Waals surface area contributed by atoms with Gasteiger partial charge >= 0.3 is 0 Å². The first-order chi connectivity index (χ1) is 10.9. The molecule has 3 aromatic rings. The lowest BCUT2D eigenvalue weighted by Crippen LogP contribution is -2.35. The quantitative estimate of drug-likeness (QED) is 0.680. The van der Waals surface area contributed by atoms with E-state index in [4.69, 9.17) is 0 Å². The van der Waals surface area contributed by atoms with E-state index in [2.05, 4.69) is 76.3 Å². The Bertz CT molecular complexity index is 704. The molecule has 22 heavy (non-hydrogen) atoms. The van der Waals surface area contributed by atoms with Gasteiger partial charge in [-0.05, 0) is 43.3 Å². The second kappa shape index (κ2) is 5.19. The molecule has 0 fully saturated rings. The van der Waals surface area contributed by atoms with Crippen molar-refractivity contribution in [2.24, 2.45) is 0 Å². The highest BCUT2D eigenvalue weighted by Gasteiger charge is 2.34. The number of pyridine rings is 1. The van der Waals surface area contributed by atoms with Gasteiger partial charge in [0.25, 0.3) is 0 Å². The lowest BCUT2D eigenvalue weighted by Gasteiger charge is -2.29. The van der Waals surface area contributed by atoms with Gasteiger partial charge in [0.1, 0.15) is 12.0 Å². The molecule has 2 aromatic carbocycles. The van der Waals surface area contributed by atoms with Crippen LogP contribution in [0, 0.1) is 0 Å². The molecule has 0 radical (unpaired) electrons. The maximum absolute atomic E-state index is 4.54. The van der Waals surface area contributed by atoms with Crippen LogP contribution in [0.3, 0.4) is 0 Å². The van der Waals surface area contributed by atoms with Crippen molar-refractivity contribution >= 4 is 22.9 Å². The normalized spacial score (nSPS) is 16.7. The fourth-order valence-electron chi connectivity index (χ4n) is 3.14. The molecule has 0 aliphatic carbocycles. The lowest BCUT2D eigenvalue weighted by molar-refractivity contribution is 0.753. The molecule has 0 saturated heterocycles. The minimum Gasteiger partial charge on any atom is -0.318 e. The van der Waals surface area contributed by atoms with Crippen LogP contribution >= 0.6 is 0 Å². The average Bonchev–Trinajstić information content (AvgIpc) is 2.88. The van der Waals surface area contributed by atoms with E-state index in [0.717, 1.165) is 5.82 Å². The van der Waals surface area contributed by atoms with E-state index in [1.165, 1.54) is 17.1 Å². The summed E-state index contributed by atoms with van der Waals surface area (Å²) in [6.45, 7) is 2.21. The average molecular weight is 287 g/mol. The SMILES string of the molecule is C[C@@H]1N(c2ccccc2)c2ccccc2N1c1ccccn1. The van der Waals surface area contributed by atoms with Gasteiger partial charge in [-0.2, -0.15) is 0 Å². The Balaban J connectivity index is 1.87. The molecule has 4 rings (SSSR count). The summed E-state index contributed by atoms with van der Waals surface area (Å²) in [5, 5.41) is 0. The van der Waals surface area contributed by atoms with E-state index >= 15 is 0 Å². The summed E-state index contributed by atoms with van der Waals surface area (Å²) in [5.41, 5.74) is 3.60. The second-order valence-electron chi connectivity index (χ2n) is 5.38. The van der Waals surface area contributed by atoms with Gasteiger partial charge in [0.15, 0.2) is 0 Å². The number of para-hydroxylation sites is 3. The molecule has 0 saturated carbocycles. The van der Waals surface area contributed by atoms with E-state index in [1.54, 1.807) is 0 Å². The van der Waals surface area contributed by atoms with Crippen LogP contribution in [0.1, 0.15) is 6.92 Å². The summed E-state index contributed by atoms with van der Waals surface area (Å²) in [5.74, 6) is 0.973. The van der Waals surface area contributed by atoms with Crippen molar-refractivity contribution in [1.82, 2.24) is 4.98 Å². The monoisotopic (exact) mass is 287 g/mol. The van der Waals surface area contributed by atoms with Crippen molar-refractivity contribution in [3.63, 3.8) is 0 Å². The maximum Gasteiger partial charge on any atom is 0.134 e. The second-order valence-corrected chi connectivity index (χ2v) is 5.38. The largest absolute Gasteiger partial charge is 0.318 e. The number of rotatable bonds is 2. The summed E-state index contributed by atoms with van der Waals surface area (Å²) >= 11 is 0. The highest BCUT2D eigenvalue weighted by molar-refractivity contribution is 5.87.